The van der Waals surface area contributed by atoms with Crippen molar-refractivity contribution in [2.75, 3.05) is 10.6 Å². The number of rotatable bonds is 4. The fourth-order valence-electron chi connectivity index (χ4n) is 2.24. The maximum Gasteiger partial charge on any atom is 0.176 e. The van der Waals surface area contributed by atoms with Gasteiger partial charge in [-0.3, -0.25) is 4.68 Å². The summed E-state index contributed by atoms with van der Waals surface area (Å²) in [6.07, 6.45) is 1.82. The van der Waals surface area contributed by atoms with Crippen molar-refractivity contribution in [2.45, 2.75) is 6.54 Å². The Morgan fingerprint density at radius 2 is 1.67 bits per heavy atom. The first kappa shape index (κ1) is 20.7. The van der Waals surface area contributed by atoms with Crippen LogP contribution in [0.15, 0.2) is 47.1 Å². The van der Waals surface area contributed by atoms with Crippen LogP contribution in [0.5, 0.6) is 0 Å². The highest BCUT2D eigenvalue weighted by molar-refractivity contribution is 9.10. The van der Waals surface area contributed by atoms with Crippen LogP contribution in [0.3, 0.4) is 0 Å². The molecule has 0 atom stereocenters. The molecule has 0 aliphatic heterocycles. The number of benzene rings is 2. The van der Waals surface area contributed by atoms with Gasteiger partial charge in [0.1, 0.15) is 0 Å². The van der Waals surface area contributed by atoms with Crippen molar-refractivity contribution in [3.8, 4) is 0 Å². The quantitative estimate of drug-likeness (QED) is 0.357. The Kier molecular flexibility index (Phi) is 6.89. The van der Waals surface area contributed by atoms with Gasteiger partial charge in [0.2, 0.25) is 0 Å². The Labute approximate surface area is 189 Å². The molecule has 4 nitrogen and oxygen atoms in total. The lowest BCUT2D eigenvalue weighted by Gasteiger charge is -2.10. The molecule has 0 unspecified atom stereocenters. The van der Waals surface area contributed by atoms with E-state index in [2.05, 4.69) is 31.7 Å². The summed E-state index contributed by atoms with van der Waals surface area (Å²) in [5.41, 5.74) is 1.54. The lowest BCUT2D eigenvalue weighted by molar-refractivity contribution is 0.690. The molecular formula is C17H11BrCl4N4S. The van der Waals surface area contributed by atoms with Crippen LogP contribution in [0.25, 0.3) is 0 Å². The molecule has 2 N–H and O–H groups in total. The highest BCUT2D eigenvalue weighted by atomic mass is 79.9. The van der Waals surface area contributed by atoms with E-state index in [0.29, 0.717) is 43.3 Å². The van der Waals surface area contributed by atoms with Crippen molar-refractivity contribution in [2.24, 2.45) is 0 Å². The average molecular weight is 525 g/mol. The molecular weight excluding hydrogens is 514 g/mol. The zero-order valence-electron chi connectivity index (χ0n) is 13.4. The third-order valence-electron chi connectivity index (χ3n) is 3.48. The van der Waals surface area contributed by atoms with E-state index in [0.717, 1.165) is 10.0 Å². The van der Waals surface area contributed by atoms with Crippen LogP contribution in [0.1, 0.15) is 5.56 Å². The van der Waals surface area contributed by atoms with E-state index < -0.39 is 0 Å². The normalized spacial score (nSPS) is 10.7. The molecule has 1 heterocycles. The second-order valence-electron chi connectivity index (χ2n) is 5.46. The summed E-state index contributed by atoms with van der Waals surface area (Å²) in [6, 6.07) is 10.4. The summed E-state index contributed by atoms with van der Waals surface area (Å²) in [7, 11) is 0. The standard InChI is InChI=1S/C17H11BrCl4N4S/c18-12-8-26(7-9-1-2-10(19)5-13(9)21)25-16(12)24-17(27)23-15-4-3-11(20)6-14(15)22/h1-6,8H,7H2,(H2,23,24,25,27). The van der Waals surface area contributed by atoms with Crippen molar-refractivity contribution in [1.82, 2.24) is 9.78 Å². The molecule has 140 valence electrons. The maximum atomic E-state index is 6.22. The minimum Gasteiger partial charge on any atom is -0.331 e. The fourth-order valence-corrected chi connectivity index (χ4v) is 3.78. The average Bonchev–Trinajstić information content (AvgIpc) is 2.92. The Hall–Kier alpha value is -1.02. The van der Waals surface area contributed by atoms with Crippen LogP contribution in [0, 0.1) is 0 Å². The summed E-state index contributed by atoms with van der Waals surface area (Å²) in [6.45, 7) is 0.486. The number of hydrogen-bond acceptors (Lipinski definition) is 2. The third kappa shape index (κ3) is 5.50. The largest absolute Gasteiger partial charge is 0.331 e. The minimum atomic E-state index is 0.342. The molecule has 0 saturated heterocycles. The number of nitrogens with zero attached hydrogens (tertiary/aromatic N) is 2. The minimum absolute atomic E-state index is 0.342. The van der Waals surface area contributed by atoms with Gasteiger partial charge in [0.05, 0.1) is 21.7 Å². The lowest BCUT2D eigenvalue weighted by atomic mass is 10.2. The first-order chi connectivity index (χ1) is 12.8. The van der Waals surface area contributed by atoms with Crippen molar-refractivity contribution in [3.63, 3.8) is 0 Å². The Morgan fingerprint density at radius 3 is 2.33 bits per heavy atom. The van der Waals surface area contributed by atoms with Crippen LogP contribution < -0.4 is 10.6 Å². The van der Waals surface area contributed by atoms with E-state index in [4.69, 9.17) is 58.6 Å². The molecule has 3 rings (SSSR count). The molecule has 0 radical (unpaired) electrons. The number of hydrogen-bond donors (Lipinski definition) is 2. The van der Waals surface area contributed by atoms with Gasteiger partial charge in [-0.2, -0.15) is 5.10 Å². The molecule has 0 aliphatic rings. The van der Waals surface area contributed by atoms with Gasteiger partial charge >= 0.3 is 0 Å². The number of aromatic nitrogens is 2. The Balaban J connectivity index is 1.69. The monoisotopic (exact) mass is 522 g/mol. The molecule has 1 aromatic heterocycles. The predicted molar refractivity (Wildman–Crippen MR) is 122 cm³/mol. The lowest BCUT2D eigenvalue weighted by Crippen LogP contribution is -2.20. The van der Waals surface area contributed by atoms with Gasteiger partial charge in [-0.25, -0.2) is 0 Å². The summed E-state index contributed by atoms with van der Waals surface area (Å²) in [4.78, 5) is 0. The molecule has 10 heteroatoms. The first-order valence-electron chi connectivity index (χ1n) is 7.52. The molecule has 27 heavy (non-hydrogen) atoms. The topological polar surface area (TPSA) is 41.9 Å². The zero-order chi connectivity index (χ0) is 19.6. The molecule has 0 aliphatic carbocycles. The van der Waals surface area contributed by atoms with E-state index in [1.807, 2.05) is 12.3 Å². The fraction of sp³-hybridized carbons (Fsp3) is 0.0588. The second kappa shape index (κ2) is 8.99. The first-order valence-corrected chi connectivity index (χ1v) is 10.2. The van der Waals surface area contributed by atoms with E-state index >= 15 is 0 Å². The van der Waals surface area contributed by atoms with Crippen LogP contribution >= 0.6 is 74.6 Å². The number of thiocarbonyl (C=S) groups is 1. The van der Waals surface area contributed by atoms with Crippen molar-refractivity contribution >= 4 is 91.2 Å². The van der Waals surface area contributed by atoms with Crippen LogP contribution in [-0.4, -0.2) is 14.9 Å². The highest BCUT2D eigenvalue weighted by Gasteiger charge is 2.11. The van der Waals surface area contributed by atoms with Crippen molar-refractivity contribution in [3.05, 3.63) is 72.7 Å². The Morgan fingerprint density at radius 1 is 1.00 bits per heavy atom. The molecule has 3 aromatic rings. The SMILES string of the molecule is S=C(Nc1ccc(Cl)cc1Cl)Nc1nn(Cc2ccc(Cl)cc2Cl)cc1Br. The van der Waals surface area contributed by atoms with E-state index in [9.17, 15) is 0 Å². The predicted octanol–water partition coefficient (Wildman–Crippen LogP) is 7.12. The molecule has 0 spiro atoms. The second-order valence-corrected chi connectivity index (χ2v) is 8.41. The molecule has 0 saturated carbocycles. The van der Waals surface area contributed by atoms with E-state index in [1.54, 1.807) is 35.0 Å². The highest BCUT2D eigenvalue weighted by Crippen LogP contribution is 2.27. The summed E-state index contributed by atoms with van der Waals surface area (Å²) >= 11 is 33.0. The van der Waals surface area contributed by atoms with Gasteiger partial charge in [0, 0.05) is 21.3 Å². The number of halogens is 5. The molecule has 0 amide bonds. The molecule has 2 aromatic carbocycles. The van der Waals surface area contributed by atoms with Gasteiger partial charge in [0.15, 0.2) is 10.9 Å². The van der Waals surface area contributed by atoms with Gasteiger partial charge in [-0.15, -0.1) is 0 Å². The zero-order valence-corrected chi connectivity index (χ0v) is 18.9. The van der Waals surface area contributed by atoms with Crippen molar-refractivity contribution in [1.29, 1.82) is 0 Å². The van der Waals surface area contributed by atoms with Crippen molar-refractivity contribution < 1.29 is 0 Å². The van der Waals surface area contributed by atoms with Crippen LogP contribution in [-0.2, 0) is 6.54 Å². The number of anilines is 2. The smallest absolute Gasteiger partial charge is 0.176 e. The van der Waals surface area contributed by atoms with Gasteiger partial charge in [0.25, 0.3) is 0 Å². The number of nitrogens with one attached hydrogen (secondary N) is 2. The Bertz CT molecular complexity index is 1010. The van der Waals surface area contributed by atoms with Crippen LogP contribution in [0.4, 0.5) is 11.5 Å². The maximum absolute atomic E-state index is 6.22. The van der Waals surface area contributed by atoms with Gasteiger partial charge in [-0.1, -0.05) is 52.5 Å². The van der Waals surface area contributed by atoms with Gasteiger partial charge in [-0.05, 0) is 64.0 Å². The summed E-state index contributed by atoms with van der Waals surface area (Å²) in [5, 5.41) is 13.0. The van der Waals surface area contributed by atoms with E-state index in [-0.39, 0.29) is 0 Å². The van der Waals surface area contributed by atoms with Gasteiger partial charge < -0.3 is 10.6 Å². The third-order valence-corrected chi connectivity index (χ3v) is 5.39. The summed E-state index contributed by atoms with van der Waals surface area (Å²) < 4.78 is 2.48. The molecule has 0 fully saturated rings. The van der Waals surface area contributed by atoms with E-state index in [1.165, 1.54) is 0 Å². The summed E-state index contributed by atoms with van der Waals surface area (Å²) in [5.74, 6) is 0.558. The molecule has 0 bridgehead atoms. The van der Waals surface area contributed by atoms with Crippen LogP contribution in [0.2, 0.25) is 20.1 Å².